The van der Waals surface area contributed by atoms with Crippen LogP contribution in [0.1, 0.15) is 25.7 Å². The second-order valence-electron chi connectivity index (χ2n) is 4.87. The molecule has 0 spiro atoms. The van der Waals surface area contributed by atoms with E-state index in [1.54, 1.807) is 4.90 Å². The highest BCUT2D eigenvalue weighted by molar-refractivity contribution is 5.84. The van der Waals surface area contributed by atoms with Gasteiger partial charge in [-0.05, 0) is 19.3 Å². The molecule has 0 bridgehead atoms. The Labute approximate surface area is 113 Å². The van der Waals surface area contributed by atoms with Gasteiger partial charge in [0.1, 0.15) is 0 Å². The zero-order valence-corrected chi connectivity index (χ0v) is 11.3. The van der Waals surface area contributed by atoms with Crippen molar-refractivity contribution in [2.24, 2.45) is 0 Å². The van der Waals surface area contributed by atoms with E-state index in [2.05, 4.69) is 0 Å². The van der Waals surface area contributed by atoms with E-state index >= 15 is 0 Å². The minimum atomic E-state index is -0.601. The fourth-order valence-electron chi connectivity index (χ4n) is 2.53. The molecular formula is C13H21NO5. The van der Waals surface area contributed by atoms with Gasteiger partial charge in [0.25, 0.3) is 0 Å². The van der Waals surface area contributed by atoms with Gasteiger partial charge in [-0.3, -0.25) is 4.79 Å². The molecule has 0 aromatic carbocycles. The van der Waals surface area contributed by atoms with E-state index < -0.39 is 12.0 Å². The molecule has 0 N–H and O–H groups in total. The molecule has 2 fully saturated rings. The molecule has 0 saturated carbocycles. The fourth-order valence-corrected chi connectivity index (χ4v) is 2.53. The average Bonchev–Trinajstić information content (AvgIpc) is 2.97. The fraction of sp³-hybridized carbons (Fsp3) is 0.846. The van der Waals surface area contributed by atoms with Crippen molar-refractivity contribution >= 4 is 11.9 Å². The highest BCUT2D eigenvalue weighted by atomic mass is 16.5. The van der Waals surface area contributed by atoms with E-state index in [4.69, 9.17) is 14.2 Å². The quantitative estimate of drug-likeness (QED) is 0.690. The molecule has 0 aliphatic carbocycles. The number of esters is 1. The smallest absolute Gasteiger partial charge is 0.331 e. The molecule has 2 aliphatic heterocycles. The van der Waals surface area contributed by atoms with Gasteiger partial charge in [0.2, 0.25) is 5.91 Å². The lowest BCUT2D eigenvalue weighted by Gasteiger charge is -2.33. The van der Waals surface area contributed by atoms with Crippen molar-refractivity contribution in [1.82, 2.24) is 4.90 Å². The predicted molar refractivity (Wildman–Crippen MR) is 66.5 cm³/mol. The van der Waals surface area contributed by atoms with Gasteiger partial charge < -0.3 is 19.1 Å². The van der Waals surface area contributed by atoms with E-state index in [9.17, 15) is 9.59 Å². The van der Waals surface area contributed by atoms with Crippen LogP contribution < -0.4 is 0 Å². The Morgan fingerprint density at radius 1 is 1.37 bits per heavy atom. The molecule has 2 saturated heterocycles. The van der Waals surface area contributed by atoms with Crippen LogP contribution in [0.2, 0.25) is 0 Å². The van der Waals surface area contributed by atoms with Gasteiger partial charge in [-0.1, -0.05) is 0 Å². The molecule has 19 heavy (non-hydrogen) atoms. The van der Waals surface area contributed by atoms with Crippen molar-refractivity contribution in [2.45, 2.75) is 37.8 Å². The molecule has 108 valence electrons. The maximum Gasteiger partial charge on any atom is 0.331 e. The first kappa shape index (κ1) is 14.3. The summed E-state index contributed by atoms with van der Waals surface area (Å²) < 4.78 is 15.5. The van der Waals surface area contributed by atoms with Crippen molar-refractivity contribution in [3.63, 3.8) is 0 Å². The van der Waals surface area contributed by atoms with E-state index in [0.29, 0.717) is 19.6 Å². The van der Waals surface area contributed by atoms with Crippen LogP contribution in [-0.4, -0.2) is 62.4 Å². The first-order valence-corrected chi connectivity index (χ1v) is 6.79. The highest BCUT2D eigenvalue weighted by Gasteiger charge is 2.33. The normalized spacial score (nSPS) is 27.3. The summed E-state index contributed by atoms with van der Waals surface area (Å²) in [5.74, 6) is -0.431. The van der Waals surface area contributed by atoms with Gasteiger partial charge in [-0.15, -0.1) is 0 Å². The number of hydrogen-bond donors (Lipinski definition) is 0. The summed E-state index contributed by atoms with van der Waals surface area (Å²) in [4.78, 5) is 25.4. The van der Waals surface area contributed by atoms with Gasteiger partial charge in [0.05, 0.1) is 26.4 Å². The van der Waals surface area contributed by atoms with Crippen LogP contribution in [0.4, 0.5) is 0 Å². The number of rotatable bonds is 4. The standard InChI is InChI=1S/C13H21NO5/c1-17-13(16)11-9-18-8-6-14(11)12(15)5-4-10-3-2-7-19-10/h10-11H,2-9H2,1H3. The van der Waals surface area contributed by atoms with E-state index in [0.717, 1.165) is 25.9 Å². The Morgan fingerprint density at radius 3 is 2.89 bits per heavy atom. The Balaban J connectivity index is 1.85. The number of carbonyl (C=O) groups is 2. The molecule has 0 radical (unpaired) electrons. The Hall–Kier alpha value is -1.14. The molecule has 2 aliphatic rings. The van der Waals surface area contributed by atoms with Crippen molar-refractivity contribution in [2.75, 3.05) is 33.5 Å². The largest absolute Gasteiger partial charge is 0.467 e. The van der Waals surface area contributed by atoms with Crippen molar-refractivity contribution < 1.29 is 23.8 Å². The zero-order valence-electron chi connectivity index (χ0n) is 11.3. The van der Waals surface area contributed by atoms with Crippen molar-refractivity contribution in [1.29, 1.82) is 0 Å². The van der Waals surface area contributed by atoms with Crippen LogP contribution in [0.25, 0.3) is 0 Å². The zero-order chi connectivity index (χ0) is 13.7. The second kappa shape index (κ2) is 6.86. The van der Waals surface area contributed by atoms with Crippen molar-refractivity contribution in [3.05, 3.63) is 0 Å². The minimum absolute atomic E-state index is 0.0193. The Kier molecular flexibility index (Phi) is 5.15. The van der Waals surface area contributed by atoms with E-state index in [-0.39, 0.29) is 18.6 Å². The Morgan fingerprint density at radius 2 is 2.21 bits per heavy atom. The third kappa shape index (κ3) is 3.67. The van der Waals surface area contributed by atoms with Crippen molar-refractivity contribution in [3.8, 4) is 0 Å². The lowest BCUT2D eigenvalue weighted by atomic mass is 10.1. The molecule has 2 heterocycles. The molecule has 0 aromatic rings. The number of morpholine rings is 1. The van der Waals surface area contributed by atoms with Crippen LogP contribution in [0.15, 0.2) is 0 Å². The van der Waals surface area contributed by atoms with Crippen LogP contribution >= 0.6 is 0 Å². The van der Waals surface area contributed by atoms with Gasteiger partial charge >= 0.3 is 5.97 Å². The SMILES string of the molecule is COC(=O)C1COCCN1C(=O)CCC1CCCO1. The topological polar surface area (TPSA) is 65.1 Å². The molecule has 2 atom stereocenters. The maximum absolute atomic E-state index is 12.2. The first-order chi connectivity index (χ1) is 9.22. The summed E-state index contributed by atoms with van der Waals surface area (Å²) in [6.07, 6.45) is 3.43. The van der Waals surface area contributed by atoms with E-state index in [1.165, 1.54) is 7.11 Å². The lowest BCUT2D eigenvalue weighted by Crippen LogP contribution is -2.53. The van der Waals surface area contributed by atoms with Gasteiger partial charge in [-0.25, -0.2) is 4.79 Å². The van der Waals surface area contributed by atoms with Crippen LogP contribution in [0, 0.1) is 0 Å². The molecular weight excluding hydrogens is 250 g/mol. The van der Waals surface area contributed by atoms with Gasteiger partial charge in [0.15, 0.2) is 6.04 Å². The minimum Gasteiger partial charge on any atom is -0.467 e. The number of carbonyl (C=O) groups excluding carboxylic acids is 2. The molecule has 6 nitrogen and oxygen atoms in total. The molecule has 2 unspecified atom stereocenters. The van der Waals surface area contributed by atoms with Crippen LogP contribution in [0.3, 0.4) is 0 Å². The maximum atomic E-state index is 12.2. The molecule has 6 heteroatoms. The van der Waals surface area contributed by atoms with Crippen LogP contribution in [0.5, 0.6) is 0 Å². The summed E-state index contributed by atoms with van der Waals surface area (Å²) in [5.41, 5.74) is 0. The molecule has 0 aromatic heterocycles. The second-order valence-corrected chi connectivity index (χ2v) is 4.87. The summed E-state index contributed by atoms with van der Waals surface area (Å²) in [6, 6.07) is -0.601. The number of hydrogen-bond acceptors (Lipinski definition) is 5. The van der Waals surface area contributed by atoms with E-state index in [1.807, 2.05) is 0 Å². The highest BCUT2D eigenvalue weighted by Crippen LogP contribution is 2.18. The first-order valence-electron chi connectivity index (χ1n) is 6.79. The molecule has 1 amide bonds. The summed E-state index contributed by atoms with van der Waals surface area (Å²) >= 11 is 0. The van der Waals surface area contributed by atoms with Gasteiger partial charge in [-0.2, -0.15) is 0 Å². The number of methoxy groups -OCH3 is 1. The third-order valence-electron chi connectivity index (χ3n) is 3.63. The lowest BCUT2D eigenvalue weighted by molar-refractivity contribution is -0.161. The summed E-state index contributed by atoms with van der Waals surface area (Å²) in [7, 11) is 1.33. The number of ether oxygens (including phenoxy) is 3. The number of nitrogens with zero attached hydrogens (tertiary/aromatic N) is 1. The summed E-state index contributed by atoms with van der Waals surface area (Å²) in [6.45, 7) is 1.93. The van der Waals surface area contributed by atoms with Crippen LogP contribution in [-0.2, 0) is 23.8 Å². The van der Waals surface area contributed by atoms with Gasteiger partial charge in [0, 0.05) is 19.6 Å². The predicted octanol–water partition coefficient (Wildman–Crippen LogP) is 0.346. The summed E-state index contributed by atoms with van der Waals surface area (Å²) in [5, 5.41) is 0. The molecule has 2 rings (SSSR count). The third-order valence-corrected chi connectivity index (χ3v) is 3.63. The number of amides is 1. The monoisotopic (exact) mass is 271 g/mol. The average molecular weight is 271 g/mol. The Bertz CT molecular complexity index is 327.